The van der Waals surface area contributed by atoms with E-state index in [2.05, 4.69) is 50.3 Å². The number of carbonyl (C=O) groups is 6. The number of amides is 6. The molecule has 6 rings (SSSR count). The molecule has 2 aliphatic carbocycles. The third-order valence-electron chi connectivity index (χ3n) is 14.3. The van der Waals surface area contributed by atoms with Crippen molar-refractivity contribution in [2.45, 2.75) is 162 Å². The minimum Gasteiger partial charge on any atom is -0.363 e. The van der Waals surface area contributed by atoms with Crippen LogP contribution in [-0.2, 0) is 51.1 Å². The predicted molar refractivity (Wildman–Crippen MR) is 282 cm³/mol. The summed E-state index contributed by atoms with van der Waals surface area (Å²) in [6.45, 7) is 18.0. The minimum atomic E-state index is -0.817. The number of rotatable bonds is 16. The van der Waals surface area contributed by atoms with Gasteiger partial charge in [0, 0.05) is 31.8 Å². The number of hydrogen-bond acceptors (Lipinski definition) is 9. The third kappa shape index (κ3) is 14.3. The maximum Gasteiger partial charge on any atom is 0.246 e. The van der Waals surface area contributed by atoms with Crippen LogP contribution in [0, 0.1) is 40.4 Å². The Labute approximate surface area is 439 Å². The predicted octanol–water partition coefficient (Wildman–Crippen LogP) is 5.13. The summed E-state index contributed by atoms with van der Waals surface area (Å²) in [5.41, 5.74) is 2.89. The van der Waals surface area contributed by atoms with Crippen molar-refractivity contribution in [1.29, 1.82) is 0 Å². The first kappa shape index (κ1) is 59.4. The average Bonchev–Trinajstić information content (AvgIpc) is 4.15. The molecule has 2 aromatic rings. The van der Waals surface area contributed by atoms with E-state index in [0.29, 0.717) is 58.0 Å². The van der Waals surface area contributed by atoms with E-state index in [4.69, 9.17) is 9.47 Å². The molecule has 2 fully saturated rings. The molecule has 10 atom stereocenters. The number of likely N-dealkylation sites (N-methyl/N-ethyl adjacent to an activating group) is 1. The SMILES string of the molecule is CC[C@@H](C)C(=O)N[C@H](C(=O)N1CCCC1C(=O)N[C@H]1c2ccccc2C[C@H]1OCC#CC#CCO[C@@H]1Cc2ccccc2[C@@H]1NC(=O)[C@@H]1CCCN1C(=O)[C@@H](NC(=O)[C@H](C)NC)C(C)(C)C)C(C)(C)C.Cl.Cl. The van der Waals surface area contributed by atoms with E-state index < -0.39 is 65.3 Å². The maximum atomic E-state index is 14.1. The molecule has 2 aliphatic heterocycles. The molecule has 2 aromatic carbocycles. The zero-order valence-corrected chi connectivity index (χ0v) is 45.3. The Morgan fingerprint density at radius 3 is 1.44 bits per heavy atom. The van der Waals surface area contributed by atoms with Crippen molar-refractivity contribution >= 4 is 60.3 Å². The number of halogens is 2. The molecule has 4 aliphatic rings. The van der Waals surface area contributed by atoms with Crippen molar-refractivity contribution in [3.05, 3.63) is 70.8 Å². The second-order valence-corrected chi connectivity index (χ2v) is 21.4. The summed E-state index contributed by atoms with van der Waals surface area (Å²) in [5.74, 6) is 9.94. The van der Waals surface area contributed by atoms with Crippen LogP contribution in [0.4, 0.5) is 0 Å². The molecule has 15 nitrogen and oxygen atoms in total. The number of ether oxygens (including phenoxy) is 2. The molecule has 0 aromatic heterocycles. The van der Waals surface area contributed by atoms with Gasteiger partial charge in [-0.15, -0.1) is 24.8 Å². The number of fused-ring (bicyclic) bond motifs is 2. The van der Waals surface area contributed by atoms with Crippen LogP contribution < -0.4 is 26.6 Å². The lowest BCUT2D eigenvalue weighted by molar-refractivity contribution is -0.144. The van der Waals surface area contributed by atoms with Gasteiger partial charge >= 0.3 is 0 Å². The van der Waals surface area contributed by atoms with E-state index in [0.717, 1.165) is 22.3 Å². The summed E-state index contributed by atoms with van der Waals surface area (Å²) in [7, 11) is 1.69. The third-order valence-corrected chi connectivity index (χ3v) is 14.3. The van der Waals surface area contributed by atoms with Gasteiger partial charge in [0.25, 0.3) is 0 Å². The van der Waals surface area contributed by atoms with Crippen LogP contribution >= 0.6 is 24.8 Å². The molecule has 0 saturated carbocycles. The van der Waals surface area contributed by atoms with Crippen molar-refractivity contribution < 1.29 is 38.2 Å². The van der Waals surface area contributed by atoms with Gasteiger partial charge in [-0.25, -0.2) is 0 Å². The lowest BCUT2D eigenvalue weighted by atomic mass is 9.85. The lowest BCUT2D eigenvalue weighted by Crippen LogP contribution is -2.59. The molecule has 0 bridgehead atoms. The van der Waals surface area contributed by atoms with E-state index in [1.807, 2.05) is 104 Å². The fourth-order valence-corrected chi connectivity index (χ4v) is 9.83. The highest BCUT2D eigenvalue weighted by Crippen LogP contribution is 2.36. The highest BCUT2D eigenvalue weighted by molar-refractivity contribution is 5.95. The van der Waals surface area contributed by atoms with Crippen LogP contribution in [0.3, 0.4) is 0 Å². The summed E-state index contributed by atoms with van der Waals surface area (Å²) >= 11 is 0. The van der Waals surface area contributed by atoms with Crippen LogP contribution in [0.1, 0.15) is 129 Å². The standard InChI is InChI=1S/C55H75N7O8.2ClH/c1-11-34(2)48(63)59-46(54(4,5)6)52(67)61-28-20-26-40(61)50(65)57-44-38-24-16-14-22-36(38)32-42(44)69-30-18-12-13-19-31-70-43-33-37-23-15-17-25-39(37)45(43)58-51(66)41-27-21-29-62(41)53(68)47(55(7,8)9)60-49(64)35(3)56-10;;/h14-17,22-25,34-35,40-47,56H,11,20-21,26-33H2,1-10H3,(H,57,65)(H,58,66)(H,59,63)(H,60,64);2*1H/t34-,35+,40?,41+,42-,43-,44+,45+,46-,47-;;/m1../s1. The Morgan fingerprint density at radius 1 is 0.653 bits per heavy atom. The van der Waals surface area contributed by atoms with Gasteiger partial charge in [-0.1, -0.05) is 116 Å². The van der Waals surface area contributed by atoms with Crippen LogP contribution in [0.2, 0.25) is 0 Å². The zero-order chi connectivity index (χ0) is 50.9. The fourth-order valence-electron chi connectivity index (χ4n) is 9.83. The number of nitrogens with one attached hydrogen (secondary N) is 5. The molecule has 72 heavy (non-hydrogen) atoms. The van der Waals surface area contributed by atoms with Gasteiger partial charge in [-0.05, 0) is 91.0 Å². The Balaban J connectivity index is 0.00000562. The monoisotopic (exact) mass is 1030 g/mol. The molecule has 5 N–H and O–H groups in total. The Bertz CT molecular complexity index is 2220. The summed E-state index contributed by atoms with van der Waals surface area (Å²) in [6.07, 6.45) is 3.37. The van der Waals surface area contributed by atoms with Gasteiger partial charge in [0.2, 0.25) is 35.4 Å². The average molecular weight is 1040 g/mol. The van der Waals surface area contributed by atoms with Crippen LogP contribution in [0.15, 0.2) is 48.5 Å². The first-order valence-corrected chi connectivity index (χ1v) is 25.1. The summed E-state index contributed by atoms with van der Waals surface area (Å²) in [6, 6.07) is 11.4. The number of nitrogens with zero attached hydrogens (tertiary/aromatic N) is 2. The zero-order valence-electron chi connectivity index (χ0n) is 43.6. The van der Waals surface area contributed by atoms with E-state index in [1.54, 1.807) is 23.8 Å². The van der Waals surface area contributed by atoms with Gasteiger partial charge in [0.1, 0.15) is 37.4 Å². The number of carbonyl (C=O) groups excluding carboxylic acids is 6. The van der Waals surface area contributed by atoms with Gasteiger partial charge in [0.15, 0.2) is 0 Å². The summed E-state index contributed by atoms with van der Waals surface area (Å²) < 4.78 is 12.6. The quantitative estimate of drug-likeness (QED) is 0.142. The number of likely N-dealkylation sites (tertiary alicyclic amines) is 2. The Morgan fingerprint density at radius 2 is 1.06 bits per heavy atom. The van der Waals surface area contributed by atoms with Gasteiger partial charge in [-0.2, -0.15) is 0 Å². The van der Waals surface area contributed by atoms with Crippen LogP contribution in [-0.4, -0.2) is 121 Å². The lowest BCUT2D eigenvalue weighted by Gasteiger charge is -2.36. The number of benzene rings is 2. The van der Waals surface area contributed by atoms with Gasteiger partial charge < -0.3 is 45.9 Å². The van der Waals surface area contributed by atoms with Gasteiger partial charge in [-0.3, -0.25) is 28.8 Å². The molecule has 2 heterocycles. The molecular formula is C55H77Cl2N7O8. The normalized spacial score (nSPS) is 22.6. The molecule has 0 spiro atoms. The van der Waals surface area contributed by atoms with Crippen molar-refractivity contribution in [2.75, 3.05) is 33.4 Å². The smallest absolute Gasteiger partial charge is 0.246 e. The molecule has 17 heteroatoms. The highest BCUT2D eigenvalue weighted by Gasteiger charge is 2.46. The van der Waals surface area contributed by atoms with E-state index in [9.17, 15) is 28.8 Å². The summed E-state index contributed by atoms with van der Waals surface area (Å²) in [5, 5.41) is 15.3. The molecule has 1 unspecified atom stereocenters. The van der Waals surface area contributed by atoms with E-state index in [-0.39, 0.29) is 79.4 Å². The maximum absolute atomic E-state index is 14.1. The molecule has 394 valence electrons. The molecule has 6 amide bonds. The first-order chi connectivity index (χ1) is 33.2. The van der Waals surface area contributed by atoms with Crippen LogP contribution in [0.5, 0.6) is 0 Å². The van der Waals surface area contributed by atoms with Crippen LogP contribution in [0.25, 0.3) is 0 Å². The van der Waals surface area contributed by atoms with E-state index >= 15 is 0 Å². The first-order valence-electron chi connectivity index (χ1n) is 25.1. The van der Waals surface area contributed by atoms with Gasteiger partial charge in [0.05, 0.1) is 30.3 Å². The van der Waals surface area contributed by atoms with Crippen molar-refractivity contribution in [3.63, 3.8) is 0 Å². The minimum absolute atomic E-state index is 0. The molecule has 2 saturated heterocycles. The fraction of sp³-hybridized carbons (Fsp3) is 0.600. The van der Waals surface area contributed by atoms with Crippen molar-refractivity contribution in [3.8, 4) is 23.7 Å². The Kier molecular flexibility index (Phi) is 21.6. The van der Waals surface area contributed by atoms with E-state index in [1.165, 1.54) is 0 Å². The Hall–Kier alpha value is -5.16. The molecular weight excluding hydrogens is 958 g/mol. The van der Waals surface area contributed by atoms with Crippen molar-refractivity contribution in [2.24, 2.45) is 16.7 Å². The van der Waals surface area contributed by atoms with Crippen molar-refractivity contribution in [1.82, 2.24) is 36.4 Å². The second kappa shape index (κ2) is 26.2. The molecule has 0 radical (unpaired) electrons. The number of hydrogen-bond donors (Lipinski definition) is 5. The second-order valence-electron chi connectivity index (χ2n) is 21.4. The largest absolute Gasteiger partial charge is 0.363 e. The topological polar surface area (TPSA) is 188 Å². The summed E-state index contributed by atoms with van der Waals surface area (Å²) in [4.78, 5) is 85.4. The highest BCUT2D eigenvalue weighted by atomic mass is 35.5.